The molecule has 2 aromatic rings. The molecule has 168 valence electrons. The van der Waals surface area contributed by atoms with Gasteiger partial charge < -0.3 is 18.6 Å². The van der Waals surface area contributed by atoms with Crippen LogP contribution in [-0.2, 0) is 24.4 Å². The van der Waals surface area contributed by atoms with Crippen LogP contribution in [0.3, 0.4) is 0 Å². The number of carbonyl (C=O) groups excluding carboxylic acids is 2. The van der Waals surface area contributed by atoms with Gasteiger partial charge in [0.05, 0.1) is 13.2 Å². The first-order valence-electron chi connectivity index (χ1n) is 9.73. The lowest BCUT2D eigenvalue weighted by molar-refractivity contribution is -0.143. The summed E-state index contributed by atoms with van der Waals surface area (Å²) in [6.45, 7) is 5.62. The first kappa shape index (κ1) is 24.4. The molecule has 0 aliphatic heterocycles. The highest BCUT2D eigenvalue weighted by molar-refractivity contribution is 7.87. The number of ether oxygens (including phenoxy) is 2. The van der Waals surface area contributed by atoms with E-state index in [1.807, 2.05) is 6.07 Å². The number of carbonyl (C=O) groups is 2. The lowest BCUT2D eigenvalue weighted by Crippen LogP contribution is -2.38. The van der Waals surface area contributed by atoms with Crippen LogP contribution in [0.4, 0.5) is 0 Å². The predicted molar refractivity (Wildman–Crippen MR) is 115 cm³/mol. The van der Waals surface area contributed by atoms with Crippen LogP contribution in [0.25, 0.3) is 0 Å². The molecule has 9 heteroatoms. The van der Waals surface area contributed by atoms with Gasteiger partial charge in [0.1, 0.15) is 17.2 Å². The van der Waals surface area contributed by atoms with Gasteiger partial charge in [-0.25, -0.2) is 0 Å². The molecule has 0 unspecified atom stereocenters. The molecule has 2 rings (SSSR count). The van der Waals surface area contributed by atoms with Gasteiger partial charge in [-0.3, -0.25) is 9.59 Å². The third-order valence-electron chi connectivity index (χ3n) is 4.40. The van der Waals surface area contributed by atoms with Gasteiger partial charge in [-0.1, -0.05) is 12.1 Å². The summed E-state index contributed by atoms with van der Waals surface area (Å²) in [6.07, 6.45) is 0. The largest absolute Gasteiger partial charge is 0.465 e. The van der Waals surface area contributed by atoms with E-state index in [1.54, 1.807) is 32.9 Å². The Balaban J connectivity index is 2.17. The maximum Gasteiger partial charge on any atom is 0.339 e. The second-order valence-corrected chi connectivity index (χ2v) is 8.37. The van der Waals surface area contributed by atoms with Crippen molar-refractivity contribution in [3.63, 3.8) is 0 Å². The van der Waals surface area contributed by atoms with Crippen LogP contribution in [0.1, 0.15) is 28.4 Å². The minimum Gasteiger partial charge on any atom is -0.465 e. The van der Waals surface area contributed by atoms with Crippen molar-refractivity contribution in [2.75, 3.05) is 33.4 Å². The zero-order valence-electron chi connectivity index (χ0n) is 18.1. The van der Waals surface area contributed by atoms with Crippen molar-refractivity contribution in [3.05, 3.63) is 59.2 Å². The molecule has 31 heavy (non-hydrogen) atoms. The highest BCUT2D eigenvalue weighted by atomic mass is 32.2. The summed E-state index contributed by atoms with van der Waals surface area (Å²) in [5.74, 6) is -0.855. The maximum atomic E-state index is 12.8. The van der Waals surface area contributed by atoms with Gasteiger partial charge in [-0.2, -0.15) is 8.42 Å². The Morgan fingerprint density at radius 3 is 2.32 bits per heavy atom. The van der Waals surface area contributed by atoms with Crippen molar-refractivity contribution in [2.45, 2.75) is 25.7 Å². The Morgan fingerprint density at radius 2 is 1.71 bits per heavy atom. The van der Waals surface area contributed by atoms with E-state index in [4.69, 9.17) is 13.7 Å². The van der Waals surface area contributed by atoms with Crippen molar-refractivity contribution in [3.8, 4) is 5.75 Å². The smallest absolute Gasteiger partial charge is 0.339 e. The fraction of sp³-hybridized carbons (Fsp3) is 0.364. The van der Waals surface area contributed by atoms with E-state index in [0.29, 0.717) is 5.56 Å². The molecule has 1 amide bonds. The molecule has 0 saturated carbocycles. The van der Waals surface area contributed by atoms with Crippen LogP contribution in [0.2, 0.25) is 0 Å². The molecule has 0 aliphatic carbocycles. The summed E-state index contributed by atoms with van der Waals surface area (Å²) in [7, 11) is -2.53. The molecule has 0 atom stereocenters. The summed E-state index contributed by atoms with van der Waals surface area (Å²) in [5.41, 5.74) is 1.65. The quantitative estimate of drug-likeness (QED) is 0.406. The maximum absolute atomic E-state index is 12.8. The molecule has 0 fully saturated rings. The van der Waals surface area contributed by atoms with E-state index >= 15 is 0 Å². The van der Waals surface area contributed by atoms with E-state index in [9.17, 15) is 18.0 Å². The van der Waals surface area contributed by atoms with Crippen LogP contribution in [0.15, 0.2) is 47.4 Å². The van der Waals surface area contributed by atoms with Gasteiger partial charge in [0.2, 0.25) is 0 Å². The number of hydrogen-bond acceptors (Lipinski definition) is 7. The van der Waals surface area contributed by atoms with E-state index in [2.05, 4.69) is 0 Å². The lowest BCUT2D eigenvalue weighted by Gasteiger charge is -2.21. The third kappa shape index (κ3) is 6.80. The minimum absolute atomic E-state index is 0.0753. The zero-order valence-corrected chi connectivity index (χ0v) is 18.9. The van der Waals surface area contributed by atoms with Crippen molar-refractivity contribution in [1.29, 1.82) is 0 Å². The third-order valence-corrected chi connectivity index (χ3v) is 5.79. The summed E-state index contributed by atoms with van der Waals surface area (Å²) in [6, 6.07) is 10.8. The average Bonchev–Trinajstić information content (AvgIpc) is 2.72. The number of rotatable bonds is 10. The Labute approximate surface area is 182 Å². The molecule has 0 radical (unpaired) electrons. The van der Waals surface area contributed by atoms with Crippen molar-refractivity contribution in [1.82, 2.24) is 4.90 Å². The summed E-state index contributed by atoms with van der Waals surface area (Å²) < 4.78 is 40.4. The number of nitrogens with zero attached hydrogens (tertiary/aromatic N) is 1. The second kappa shape index (κ2) is 10.9. The number of aryl methyl sites for hydroxylation is 2. The highest BCUT2D eigenvalue weighted by Crippen LogP contribution is 2.23. The van der Waals surface area contributed by atoms with Crippen LogP contribution in [-0.4, -0.2) is 58.6 Å². The second-order valence-electron chi connectivity index (χ2n) is 6.86. The molecule has 0 bridgehead atoms. The number of methoxy groups -OCH3 is 1. The first-order chi connectivity index (χ1) is 14.7. The summed E-state index contributed by atoms with van der Waals surface area (Å²) in [4.78, 5) is 26.0. The van der Waals surface area contributed by atoms with Gasteiger partial charge in [0.25, 0.3) is 5.91 Å². The van der Waals surface area contributed by atoms with E-state index in [1.165, 1.54) is 36.3 Å². The molecule has 0 spiro atoms. The first-order valence-corrected chi connectivity index (χ1v) is 11.1. The predicted octanol–water partition coefficient (Wildman–Crippen LogP) is 2.72. The van der Waals surface area contributed by atoms with Crippen LogP contribution in [0.5, 0.6) is 5.75 Å². The van der Waals surface area contributed by atoms with Gasteiger partial charge in [-0.05, 0) is 62.2 Å². The van der Waals surface area contributed by atoms with E-state index in [-0.39, 0.29) is 42.5 Å². The average molecular weight is 450 g/mol. The molecule has 0 aromatic heterocycles. The highest BCUT2D eigenvalue weighted by Gasteiger charge is 2.22. The fourth-order valence-electron chi connectivity index (χ4n) is 2.80. The van der Waals surface area contributed by atoms with Crippen LogP contribution in [0, 0.1) is 13.8 Å². The Kier molecular flexibility index (Phi) is 8.58. The van der Waals surface area contributed by atoms with Crippen molar-refractivity contribution >= 4 is 22.0 Å². The standard InChI is InChI=1S/C22H27NO7S/c1-5-29-21(24)15-23(12-13-28-4)22(25)18-8-10-19(11-9-18)30-31(26,27)20-14-16(2)6-7-17(20)3/h6-11,14H,5,12-13,15H2,1-4H3. The lowest BCUT2D eigenvalue weighted by atomic mass is 10.2. The van der Waals surface area contributed by atoms with E-state index < -0.39 is 22.0 Å². The Bertz CT molecular complexity index is 1020. The monoisotopic (exact) mass is 449 g/mol. The number of amides is 1. The van der Waals surface area contributed by atoms with E-state index in [0.717, 1.165) is 5.56 Å². The van der Waals surface area contributed by atoms with Crippen LogP contribution < -0.4 is 4.18 Å². The fourth-order valence-corrected chi connectivity index (χ4v) is 4.05. The zero-order chi connectivity index (χ0) is 23.0. The Morgan fingerprint density at radius 1 is 1.03 bits per heavy atom. The minimum atomic E-state index is -4.02. The molecular weight excluding hydrogens is 422 g/mol. The van der Waals surface area contributed by atoms with Crippen molar-refractivity contribution in [2.24, 2.45) is 0 Å². The number of esters is 1. The van der Waals surface area contributed by atoms with Gasteiger partial charge in [0.15, 0.2) is 0 Å². The molecule has 2 aromatic carbocycles. The van der Waals surface area contributed by atoms with Crippen molar-refractivity contribution < 1.29 is 31.7 Å². The molecule has 0 saturated heterocycles. The van der Waals surface area contributed by atoms with Gasteiger partial charge in [-0.15, -0.1) is 0 Å². The topological polar surface area (TPSA) is 99.2 Å². The molecule has 0 heterocycles. The number of benzene rings is 2. The molecule has 0 aliphatic rings. The van der Waals surface area contributed by atoms with Gasteiger partial charge >= 0.3 is 16.1 Å². The molecule has 8 nitrogen and oxygen atoms in total. The molecule has 0 N–H and O–H groups in total. The summed E-state index contributed by atoms with van der Waals surface area (Å²) >= 11 is 0. The Hall–Kier alpha value is -2.91. The SMILES string of the molecule is CCOC(=O)CN(CCOC)C(=O)c1ccc(OS(=O)(=O)c2cc(C)ccc2C)cc1. The van der Waals surface area contributed by atoms with Gasteiger partial charge in [0, 0.05) is 19.2 Å². The summed E-state index contributed by atoms with van der Waals surface area (Å²) in [5, 5.41) is 0. The molecular formula is C22H27NO7S. The normalized spacial score (nSPS) is 11.1. The van der Waals surface area contributed by atoms with Crippen LogP contribution >= 0.6 is 0 Å². The number of hydrogen-bond donors (Lipinski definition) is 0.